The van der Waals surface area contributed by atoms with Gasteiger partial charge in [-0.3, -0.25) is 4.79 Å². The van der Waals surface area contributed by atoms with Gasteiger partial charge in [0.2, 0.25) is 0 Å². The Morgan fingerprint density at radius 2 is 1.76 bits per heavy atom. The number of hydrogen-bond donors (Lipinski definition) is 1. The molecule has 0 saturated carbocycles. The van der Waals surface area contributed by atoms with Crippen molar-refractivity contribution in [3.63, 3.8) is 0 Å². The lowest BCUT2D eigenvalue weighted by Gasteiger charge is -2.20. The van der Waals surface area contributed by atoms with Gasteiger partial charge in [-0.05, 0) is 36.3 Å². The maximum absolute atomic E-state index is 12.6. The summed E-state index contributed by atoms with van der Waals surface area (Å²) < 4.78 is 5.36. The van der Waals surface area contributed by atoms with Crippen molar-refractivity contribution in [3.8, 4) is 11.1 Å². The smallest absolute Gasteiger partial charge is 0.323 e. The molecule has 0 amide bonds. The highest BCUT2D eigenvalue weighted by Gasteiger charge is 2.25. The third kappa shape index (κ3) is 5.02. The van der Waals surface area contributed by atoms with Gasteiger partial charge in [0.1, 0.15) is 5.25 Å². The second-order valence-electron chi connectivity index (χ2n) is 5.74. The molecule has 134 valence electrons. The van der Waals surface area contributed by atoms with E-state index in [1.165, 1.54) is 0 Å². The quantitative estimate of drug-likeness (QED) is 0.473. The van der Waals surface area contributed by atoms with Crippen LogP contribution in [0, 0.1) is 0 Å². The van der Waals surface area contributed by atoms with Crippen LogP contribution in [0.2, 0.25) is 0 Å². The molecule has 1 unspecified atom stereocenters. The highest BCUT2D eigenvalue weighted by Crippen LogP contribution is 2.39. The Bertz CT molecular complexity index is 687. The molecule has 2 aromatic carbocycles. The number of carbonyl (C=O) groups is 1. The molecule has 4 heteroatoms. The van der Waals surface area contributed by atoms with E-state index in [-0.39, 0.29) is 11.2 Å². The van der Waals surface area contributed by atoms with Gasteiger partial charge in [-0.25, -0.2) is 0 Å². The average molecular weight is 358 g/mol. The number of rotatable bonds is 9. The first-order valence-corrected chi connectivity index (χ1v) is 9.92. The van der Waals surface area contributed by atoms with Crippen molar-refractivity contribution in [2.45, 2.75) is 31.9 Å². The average Bonchev–Trinajstić information content (AvgIpc) is 2.65. The third-order valence-corrected chi connectivity index (χ3v) is 5.32. The predicted molar refractivity (Wildman–Crippen MR) is 108 cm³/mol. The van der Waals surface area contributed by atoms with Crippen LogP contribution in [0.4, 0.5) is 5.69 Å². The molecule has 0 bridgehead atoms. The van der Waals surface area contributed by atoms with E-state index in [0.29, 0.717) is 6.61 Å². The van der Waals surface area contributed by atoms with Crippen LogP contribution in [-0.4, -0.2) is 25.4 Å². The van der Waals surface area contributed by atoms with Crippen LogP contribution in [0.1, 0.15) is 37.5 Å². The number of nitrogens with one attached hydrogen (secondary N) is 1. The first-order chi connectivity index (χ1) is 12.2. The van der Waals surface area contributed by atoms with Crippen LogP contribution < -0.4 is 5.32 Å². The largest absolute Gasteiger partial charge is 0.465 e. The minimum atomic E-state index is -0.299. The Morgan fingerprint density at radius 3 is 2.44 bits per heavy atom. The van der Waals surface area contributed by atoms with Gasteiger partial charge in [0, 0.05) is 18.3 Å². The van der Waals surface area contributed by atoms with Crippen LogP contribution in [0.5, 0.6) is 0 Å². The zero-order valence-electron chi connectivity index (χ0n) is 15.2. The van der Waals surface area contributed by atoms with Crippen LogP contribution >= 0.6 is 11.8 Å². The van der Waals surface area contributed by atoms with Crippen molar-refractivity contribution in [2.75, 3.05) is 24.7 Å². The first-order valence-electron chi connectivity index (χ1n) is 8.87. The summed E-state index contributed by atoms with van der Waals surface area (Å²) in [6.45, 7) is 4.42. The molecule has 2 rings (SSSR count). The SMILES string of the molecule is CCCCSC(C(=O)OCC)c1ccccc1-c1ccccc1NC. The van der Waals surface area contributed by atoms with E-state index in [2.05, 4.69) is 30.4 Å². The highest BCUT2D eigenvalue weighted by atomic mass is 32.2. The van der Waals surface area contributed by atoms with Gasteiger partial charge in [-0.1, -0.05) is 55.8 Å². The minimum absolute atomic E-state index is 0.155. The topological polar surface area (TPSA) is 38.3 Å². The number of para-hydroxylation sites is 1. The summed E-state index contributed by atoms with van der Waals surface area (Å²) in [5.41, 5.74) is 4.25. The van der Waals surface area contributed by atoms with Crippen LogP contribution in [0.15, 0.2) is 48.5 Å². The molecule has 0 aromatic heterocycles. The molecule has 0 heterocycles. The van der Waals surface area contributed by atoms with E-state index in [1.54, 1.807) is 11.8 Å². The van der Waals surface area contributed by atoms with Gasteiger partial charge in [0.05, 0.1) is 6.61 Å². The second kappa shape index (κ2) is 10.1. The summed E-state index contributed by atoms with van der Waals surface area (Å²) in [6.07, 6.45) is 2.21. The number of benzene rings is 2. The fourth-order valence-electron chi connectivity index (χ4n) is 2.76. The predicted octanol–water partition coefficient (Wildman–Crippen LogP) is 5.53. The van der Waals surface area contributed by atoms with Crippen molar-refractivity contribution in [1.29, 1.82) is 0 Å². The molecule has 0 aliphatic heterocycles. The normalized spacial score (nSPS) is 11.8. The number of thioether (sulfide) groups is 1. The molecule has 1 atom stereocenters. The van der Waals surface area contributed by atoms with Crippen LogP contribution in [-0.2, 0) is 9.53 Å². The van der Waals surface area contributed by atoms with Crippen molar-refractivity contribution in [1.82, 2.24) is 0 Å². The second-order valence-corrected chi connectivity index (χ2v) is 6.95. The van der Waals surface area contributed by atoms with Crippen LogP contribution in [0.3, 0.4) is 0 Å². The summed E-state index contributed by atoms with van der Waals surface area (Å²) in [7, 11) is 1.92. The van der Waals surface area contributed by atoms with Gasteiger partial charge >= 0.3 is 5.97 Å². The van der Waals surface area contributed by atoms with Crippen molar-refractivity contribution in [3.05, 3.63) is 54.1 Å². The molecule has 0 saturated heterocycles. The lowest BCUT2D eigenvalue weighted by atomic mass is 9.96. The lowest BCUT2D eigenvalue weighted by molar-refractivity contribution is -0.142. The van der Waals surface area contributed by atoms with Gasteiger partial charge in [0.25, 0.3) is 0 Å². The van der Waals surface area contributed by atoms with Crippen molar-refractivity contribution >= 4 is 23.4 Å². The highest BCUT2D eigenvalue weighted by molar-refractivity contribution is 8.00. The number of hydrogen-bond acceptors (Lipinski definition) is 4. The van der Waals surface area contributed by atoms with E-state index in [0.717, 1.165) is 41.0 Å². The Morgan fingerprint density at radius 1 is 1.08 bits per heavy atom. The van der Waals surface area contributed by atoms with E-state index in [1.807, 2.05) is 44.3 Å². The molecule has 25 heavy (non-hydrogen) atoms. The molecule has 0 radical (unpaired) electrons. The monoisotopic (exact) mass is 357 g/mol. The van der Waals surface area contributed by atoms with Gasteiger partial charge in [0.15, 0.2) is 0 Å². The molecule has 2 aromatic rings. The Balaban J connectivity index is 2.45. The molecule has 3 nitrogen and oxygen atoms in total. The van der Waals surface area contributed by atoms with Gasteiger partial charge in [-0.15, -0.1) is 11.8 Å². The first kappa shape index (κ1) is 19.4. The van der Waals surface area contributed by atoms with E-state index < -0.39 is 0 Å². The van der Waals surface area contributed by atoms with E-state index in [4.69, 9.17) is 4.74 Å². The Hall–Kier alpha value is -1.94. The summed E-state index contributed by atoms with van der Waals surface area (Å²) >= 11 is 1.67. The molecule has 0 fully saturated rings. The fraction of sp³-hybridized carbons (Fsp3) is 0.381. The van der Waals surface area contributed by atoms with E-state index >= 15 is 0 Å². The molecule has 0 aliphatic rings. The van der Waals surface area contributed by atoms with Crippen LogP contribution in [0.25, 0.3) is 11.1 Å². The van der Waals surface area contributed by atoms with Crippen molar-refractivity contribution in [2.24, 2.45) is 0 Å². The van der Waals surface area contributed by atoms with Gasteiger partial charge in [-0.2, -0.15) is 0 Å². The summed E-state index contributed by atoms with van der Waals surface area (Å²) in [4.78, 5) is 12.6. The molecular formula is C21H27NO2S. The number of carbonyl (C=O) groups excluding carboxylic acids is 1. The van der Waals surface area contributed by atoms with Crippen molar-refractivity contribution < 1.29 is 9.53 Å². The summed E-state index contributed by atoms with van der Waals surface area (Å²) in [5.74, 6) is 0.792. The number of anilines is 1. The maximum atomic E-state index is 12.6. The number of ether oxygens (including phenoxy) is 1. The minimum Gasteiger partial charge on any atom is -0.465 e. The number of unbranched alkanes of at least 4 members (excludes halogenated alkanes) is 1. The Kier molecular flexibility index (Phi) is 7.86. The van der Waals surface area contributed by atoms with Gasteiger partial charge < -0.3 is 10.1 Å². The standard InChI is InChI=1S/C21H27NO2S/c1-4-6-15-25-20(21(23)24-5-2)18-13-8-7-11-16(18)17-12-9-10-14-19(17)22-3/h7-14,20,22H,4-6,15H2,1-3H3. The third-order valence-electron chi connectivity index (χ3n) is 4.01. The zero-order valence-corrected chi connectivity index (χ0v) is 16.1. The van der Waals surface area contributed by atoms with E-state index in [9.17, 15) is 4.79 Å². The summed E-state index contributed by atoms with van der Waals surface area (Å²) in [5, 5.41) is 2.95. The molecule has 1 N–H and O–H groups in total. The summed E-state index contributed by atoms with van der Waals surface area (Å²) in [6, 6.07) is 16.3. The molecule has 0 aliphatic carbocycles. The fourth-order valence-corrected chi connectivity index (χ4v) is 4.04. The molecular weight excluding hydrogens is 330 g/mol. The lowest BCUT2D eigenvalue weighted by Crippen LogP contribution is -2.15. The Labute approximate surface area is 155 Å². The maximum Gasteiger partial charge on any atom is 0.323 e. The zero-order chi connectivity index (χ0) is 18.1. The number of esters is 1. The molecule has 0 spiro atoms.